The minimum atomic E-state index is -0.241. The summed E-state index contributed by atoms with van der Waals surface area (Å²) in [6.45, 7) is 5.94. The van der Waals surface area contributed by atoms with Crippen molar-refractivity contribution in [3.8, 4) is 12.1 Å². The summed E-state index contributed by atoms with van der Waals surface area (Å²) in [6.07, 6.45) is 0.909. The van der Waals surface area contributed by atoms with Crippen molar-refractivity contribution in [2.75, 3.05) is 0 Å². The highest BCUT2D eigenvalue weighted by Crippen LogP contribution is 2.10. The lowest BCUT2D eigenvalue weighted by molar-refractivity contribution is 0.0343. The van der Waals surface area contributed by atoms with Crippen LogP contribution in [0.15, 0.2) is 5.16 Å². The van der Waals surface area contributed by atoms with E-state index in [1.807, 2.05) is 20.8 Å². The first kappa shape index (κ1) is 11.4. The maximum Gasteiger partial charge on any atom is 0.256 e. The zero-order chi connectivity index (χ0) is 10.3. The first-order valence-corrected chi connectivity index (χ1v) is 4.19. The smallest absolute Gasteiger partial charge is 0.256 e. The largest absolute Gasteiger partial charge is 0.391 e. The van der Waals surface area contributed by atoms with E-state index in [4.69, 9.17) is 15.4 Å². The van der Waals surface area contributed by atoms with E-state index >= 15 is 0 Å². The van der Waals surface area contributed by atoms with Crippen LogP contribution in [0.5, 0.6) is 0 Å². The van der Waals surface area contributed by atoms with Gasteiger partial charge in [-0.3, -0.25) is 0 Å². The van der Waals surface area contributed by atoms with Crippen molar-refractivity contribution in [2.45, 2.75) is 33.3 Å². The highest BCUT2D eigenvalue weighted by atomic mass is 16.6. The lowest BCUT2D eigenvalue weighted by Crippen LogP contribution is -2.15. The average molecular weight is 179 g/mol. The van der Waals surface area contributed by atoms with Gasteiger partial charge in [-0.25, -0.2) is 0 Å². The van der Waals surface area contributed by atoms with Gasteiger partial charge in [0.15, 0.2) is 0 Å². The molecule has 0 aromatic rings. The summed E-state index contributed by atoms with van der Waals surface area (Å²) in [7, 11) is 0. The first-order chi connectivity index (χ1) is 6.15. The van der Waals surface area contributed by atoms with Crippen molar-refractivity contribution < 1.29 is 4.84 Å². The van der Waals surface area contributed by atoms with E-state index in [2.05, 4.69) is 5.16 Å². The van der Waals surface area contributed by atoms with Gasteiger partial charge in [0.1, 0.15) is 18.2 Å². The van der Waals surface area contributed by atoms with E-state index in [9.17, 15) is 0 Å². The molecule has 0 N–H and O–H groups in total. The van der Waals surface area contributed by atoms with Gasteiger partial charge in [-0.2, -0.15) is 10.5 Å². The quantitative estimate of drug-likeness (QED) is 0.488. The van der Waals surface area contributed by atoms with Crippen molar-refractivity contribution in [3.63, 3.8) is 0 Å². The van der Waals surface area contributed by atoms with Crippen LogP contribution in [0, 0.1) is 28.6 Å². The molecule has 0 saturated carbocycles. The Balaban J connectivity index is 4.10. The summed E-state index contributed by atoms with van der Waals surface area (Å²) in [5.41, 5.74) is -0.241. The first-order valence-electron chi connectivity index (χ1n) is 4.19. The minimum absolute atomic E-state index is 0.0679. The Kier molecular flexibility index (Phi) is 5.30. The monoisotopic (exact) mass is 179 g/mol. The van der Waals surface area contributed by atoms with Gasteiger partial charge < -0.3 is 4.84 Å². The van der Waals surface area contributed by atoms with E-state index in [-0.39, 0.29) is 11.8 Å². The molecule has 2 atom stereocenters. The molecule has 0 rings (SSSR count). The molecule has 0 aliphatic heterocycles. The van der Waals surface area contributed by atoms with Crippen LogP contribution in [0.2, 0.25) is 0 Å². The fraction of sp³-hybridized carbons (Fsp3) is 0.667. The Labute approximate surface area is 78.4 Å². The Bertz CT molecular complexity index is 243. The number of nitriles is 2. The van der Waals surface area contributed by atoms with Crippen LogP contribution in [0.1, 0.15) is 27.2 Å². The molecule has 13 heavy (non-hydrogen) atoms. The van der Waals surface area contributed by atoms with Gasteiger partial charge in [0.2, 0.25) is 0 Å². The molecule has 0 aromatic carbocycles. The fourth-order valence-corrected chi connectivity index (χ4v) is 0.637. The van der Waals surface area contributed by atoms with Gasteiger partial charge in [0.05, 0.1) is 0 Å². The van der Waals surface area contributed by atoms with Crippen LogP contribution in [0.4, 0.5) is 0 Å². The summed E-state index contributed by atoms with van der Waals surface area (Å²) >= 11 is 0. The summed E-state index contributed by atoms with van der Waals surface area (Å²) in [4.78, 5) is 4.98. The highest BCUT2D eigenvalue weighted by Gasteiger charge is 2.11. The molecule has 4 heteroatoms. The van der Waals surface area contributed by atoms with Crippen LogP contribution in [-0.2, 0) is 4.84 Å². The number of oxime groups is 1. The van der Waals surface area contributed by atoms with Crippen LogP contribution in [-0.4, -0.2) is 11.8 Å². The molecular weight excluding hydrogens is 166 g/mol. The third-order valence-corrected chi connectivity index (χ3v) is 1.97. The molecule has 0 radical (unpaired) electrons. The molecule has 0 aromatic heterocycles. The van der Waals surface area contributed by atoms with Crippen LogP contribution >= 0.6 is 0 Å². The van der Waals surface area contributed by atoms with Gasteiger partial charge in [0, 0.05) is 0 Å². The van der Waals surface area contributed by atoms with Gasteiger partial charge in [-0.05, 0) is 19.3 Å². The van der Waals surface area contributed by atoms with Crippen LogP contribution in [0.3, 0.4) is 0 Å². The minimum Gasteiger partial charge on any atom is -0.391 e. The third kappa shape index (κ3) is 4.12. The summed E-state index contributed by atoms with van der Waals surface area (Å²) in [5, 5.41) is 20.1. The van der Waals surface area contributed by atoms with E-state index in [1.165, 1.54) is 0 Å². The molecule has 0 spiro atoms. The predicted octanol–water partition coefficient (Wildman–Crippen LogP) is 1.84. The second-order valence-electron chi connectivity index (χ2n) is 2.86. The fourth-order valence-electron chi connectivity index (χ4n) is 0.637. The second-order valence-corrected chi connectivity index (χ2v) is 2.86. The number of rotatable bonds is 4. The van der Waals surface area contributed by atoms with E-state index in [0.29, 0.717) is 5.92 Å². The number of hydrogen-bond donors (Lipinski definition) is 0. The molecule has 0 amide bonds. The maximum atomic E-state index is 8.35. The Morgan fingerprint density at radius 1 is 1.38 bits per heavy atom. The number of hydrogen-bond acceptors (Lipinski definition) is 4. The molecule has 0 fully saturated rings. The predicted molar refractivity (Wildman–Crippen MR) is 48.7 cm³/mol. The van der Waals surface area contributed by atoms with Crippen molar-refractivity contribution >= 4 is 5.71 Å². The highest BCUT2D eigenvalue weighted by molar-refractivity contribution is 6.09. The van der Waals surface area contributed by atoms with Gasteiger partial charge in [0.25, 0.3) is 5.71 Å². The van der Waals surface area contributed by atoms with Crippen molar-refractivity contribution in [1.82, 2.24) is 0 Å². The summed E-state index contributed by atoms with van der Waals surface area (Å²) in [5.74, 6) is 0.363. The zero-order valence-corrected chi connectivity index (χ0v) is 8.11. The Hall–Kier alpha value is -1.55. The van der Waals surface area contributed by atoms with Crippen molar-refractivity contribution in [2.24, 2.45) is 11.1 Å². The lowest BCUT2D eigenvalue weighted by atomic mass is 10.0. The van der Waals surface area contributed by atoms with Crippen LogP contribution < -0.4 is 0 Å². The molecule has 4 nitrogen and oxygen atoms in total. The standard InChI is InChI=1S/C9H13N3O/c1-4-7(2)8(3)13-12-9(5-10)6-11/h7-8H,4H2,1-3H3. The molecular formula is C9H13N3O. The lowest BCUT2D eigenvalue weighted by Gasteiger charge is -2.15. The van der Waals surface area contributed by atoms with Gasteiger partial charge >= 0.3 is 0 Å². The molecule has 70 valence electrons. The molecule has 0 bridgehead atoms. The molecule has 0 aliphatic rings. The van der Waals surface area contributed by atoms with Crippen molar-refractivity contribution in [3.05, 3.63) is 0 Å². The second kappa shape index (κ2) is 6.02. The van der Waals surface area contributed by atoms with Crippen molar-refractivity contribution in [1.29, 1.82) is 10.5 Å². The molecule has 0 aliphatic carbocycles. The molecule has 0 saturated heterocycles. The Morgan fingerprint density at radius 3 is 2.31 bits per heavy atom. The van der Waals surface area contributed by atoms with E-state index in [1.54, 1.807) is 12.1 Å². The average Bonchev–Trinajstić information content (AvgIpc) is 2.17. The third-order valence-electron chi connectivity index (χ3n) is 1.97. The maximum absolute atomic E-state index is 8.35. The number of nitrogens with zero attached hydrogens (tertiary/aromatic N) is 3. The topological polar surface area (TPSA) is 69.2 Å². The molecule has 0 heterocycles. The van der Waals surface area contributed by atoms with E-state index in [0.717, 1.165) is 6.42 Å². The Morgan fingerprint density at radius 2 is 1.92 bits per heavy atom. The van der Waals surface area contributed by atoms with E-state index < -0.39 is 0 Å². The SMILES string of the molecule is CCC(C)C(C)ON=C(C#N)C#N. The zero-order valence-electron chi connectivity index (χ0n) is 8.11. The summed E-state index contributed by atoms with van der Waals surface area (Å²) < 4.78 is 0. The van der Waals surface area contributed by atoms with Crippen LogP contribution in [0.25, 0.3) is 0 Å². The summed E-state index contributed by atoms with van der Waals surface area (Å²) in [6, 6.07) is 3.26. The molecule has 2 unspecified atom stereocenters. The van der Waals surface area contributed by atoms with Gasteiger partial charge in [-0.15, -0.1) is 0 Å². The normalized spacial score (nSPS) is 13.3. The van der Waals surface area contributed by atoms with Gasteiger partial charge in [-0.1, -0.05) is 19.0 Å².